The van der Waals surface area contributed by atoms with Crippen molar-refractivity contribution < 1.29 is 9.34 Å². The van der Waals surface area contributed by atoms with Crippen LogP contribution in [0, 0.1) is 10.1 Å². The summed E-state index contributed by atoms with van der Waals surface area (Å²) in [4.78, 5) is 20.2. The third-order valence-electron chi connectivity index (χ3n) is 4.52. The summed E-state index contributed by atoms with van der Waals surface area (Å²) >= 11 is 1.08. The number of thiophene rings is 1. The first-order chi connectivity index (χ1) is 14.2. The fraction of sp³-hybridized carbons (Fsp3) is 0. The van der Waals surface area contributed by atoms with Gasteiger partial charge in [-0.2, -0.15) is 0 Å². The summed E-state index contributed by atoms with van der Waals surface area (Å²) in [5.41, 5.74) is 3.03. The third kappa shape index (κ3) is 3.28. The van der Waals surface area contributed by atoms with Crippen molar-refractivity contribution in [2.75, 3.05) is 0 Å². The van der Waals surface area contributed by atoms with Gasteiger partial charge in [0.1, 0.15) is 5.52 Å². The molecule has 5 aromatic rings. The van der Waals surface area contributed by atoms with E-state index in [4.69, 9.17) is 4.42 Å². The van der Waals surface area contributed by atoms with Crippen LogP contribution in [0.3, 0.4) is 0 Å². The molecule has 7 heteroatoms. The average molecular weight is 399 g/mol. The van der Waals surface area contributed by atoms with E-state index in [0.717, 1.165) is 27.7 Å². The standard InChI is InChI=1S/C22H13N3O3S/c26-25(27)21-11-9-16(29-21)13-23-15-8-10-20-19(12-15)24-22(28-20)18-7-3-5-14-4-1-2-6-17(14)18/h1-13H. The van der Waals surface area contributed by atoms with E-state index in [2.05, 4.69) is 28.2 Å². The molecule has 3 aromatic carbocycles. The molecule has 0 fully saturated rings. The lowest BCUT2D eigenvalue weighted by molar-refractivity contribution is -0.380. The number of aliphatic imine (C=N–C) groups is 1. The van der Waals surface area contributed by atoms with Crippen LogP contribution >= 0.6 is 11.3 Å². The predicted octanol–water partition coefficient (Wildman–Crippen LogP) is 6.37. The fourth-order valence-corrected chi connectivity index (χ4v) is 3.86. The molecule has 2 aromatic heterocycles. The molecule has 29 heavy (non-hydrogen) atoms. The Hall–Kier alpha value is -3.84. The highest BCUT2D eigenvalue weighted by molar-refractivity contribution is 7.16. The van der Waals surface area contributed by atoms with Crippen LogP contribution in [-0.4, -0.2) is 16.1 Å². The molecule has 0 aliphatic rings. The monoisotopic (exact) mass is 399 g/mol. The third-order valence-corrected chi connectivity index (χ3v) is 5.50. The number of fused-ring (bicyclic) bond motifs is 2. The van der Waals surface area contributed by atoms with Gasteiger partial charge >= 0.3 is 5.00 Å². The summed E-state index contributed by atoms with van der Waals surface area (Å²) in [6.45, 7) is 0. The maximum atomic E-state index is 10.8. The lowest BCUT2D eigenvalue weighted by atomic mass is 10.0. The summed E-state index contributed by atoms with van der Waals surface area (Å²) in [6, 6.07) is 22.8. The zero-order chi connectivity index (χ0) is 19.8. The number of nitrogens with zero attached hydrogens (tertiary/aromatic N) is 3. The molecule has 0 radical (unpaired) electrons. The number of nitro groups is 1. The quantitative estimate of drug-likeness (QED) is 0.200. The van der Waals surface area contributed by atoms with Crippen molar-refractivity contribution in [1.29, 1.82) is 0 Å². The van der Waals surface area contributed by atoms with E-state index >= 15 is 0 Å². The molecular weight excluding hydrogens is 386 g/mol. The van der Waals surface area contributed by atoms with Crippen molar-refractivity contribution in [3.8, 4) is 11.5 Å². The van der Waals surface area contributed by atoms with E-state index in [9.17, 15) is 10.1 Å². The lowest BCUT2D eigenvalue weighted by Crippen LogP contribution is -1.80. The molecule has 0 amide bonds. The number of hydrogen-bond donors (Lipinski definition) is 0. The Morgan fingerprint density at radius 3 is 2.76 bits per heavy atom. The summed E-state index contributed by atoms with van der Waals surface area (Å²) in [6.07, 6.45) is 1.62. The molecule has 0 saturated carbocycles. The molecule has 0 unspecified atom stereocenters. The largest absolute Gasteiger partial charge is 0.436 e. The van der Waals surface area contributed by atoms with E-state index in [-0.39, 0.29) is 5.00 Å². The van der Waals surface area contributed by atoms with Gasteiger partial charge in [0, 0.05) is 17.8 Å². The molecule has 2 heterocycles. The second kappa shape index (κ2) is 6.96. The Kier molecular flexibility index (Phi) is 4.14. The minimum Gasteiger partial charge on any atom is -0.436 e. The summed E-state index contributed by atoms with van der Waals surface area (Å²) in [7, 11) is 0. The van der Waals surface area contributed by atoms with E-state index in [1.807, 2.05) is 42.5 Å². The maximum Gasteiger partial charge on any atom is 0.324 e. The van der Waals surface area contributed by atoms with Crippen LogP contribution in [0.2, 0.25) is 0 Å². The number of aromatic nitrogens is 1. The fourth-order valence-electron chi connectivity index (χ4n) is 3.17. The zero-order valence-corrected chi connectivity index (χ0v) is 15.8. The Labute approximate surface area is 168 Å². The van der Waals surface area contributed by atoms with Crippen molar-refractivity contribution in [3.63, 3.8) is 0 Å². The van der Waals surface area contributed by atoms with E-state index in [1.165, 1.54) is 6.07 Å². The van der Waals surface area contributed by atoms with Crippen LogP contribution in [0.4, 0.5) is 10.7 Å². The van der Waals surface area contributed by atoms with Crippen molar-refractivity contribution >= 4 is 50.1 Å². The topological polar surface area (TPSA) is 81.5 Å². The molecule has 0 saturated heterocycles. The minimum atomic E-state index is -0.404. The molecule has 0 atom stereocenters. The van der Waals surface area contributed by atoms with Gasteiger partial charge in [-0.15, -0.1) is 0 Å². The van der Waals surface area contributed by atoms with Crippen molar-refractivity contribution in [1.82, 2.24) is 4.98 Å². The zero-order valence-electron chi connectivity index (χ0n) is 15.0. The predicted molar refractivity (Wildman–Crippen MR) is 115 cm³/mol. The number of rotatable bonds is 4. The Balaban J connectivity index is 1.50. The Bertz CT molecular complexity index is 1400. The maximum absolute atomic E-state index is 10.8. The number of hydrogen-bond acceptors (Lipinski definition) is 6. The van der Waals surface area contributed by atoms with Gasteiger partial charge < -0.3 is 4.42 Å². The normalized spacial score (nSPS) is 11.6. The van der Waals surface area contributed by atoms with E-state index in [0.29, 0.717) is 27.6 Å². The van der Waals surface area contributed by atoms with Gasteiger partial charge in [0.15, 0.2) is 5.58 Å². The van der Waals surface area contributed by atoms with Crippen LogP contribution in [0.1, 0.15) is 4.88 Å². The Morgan fingerprint density at radius 2 is 1.90 bits per heavy atom. The highest BCUT2D eigenvalue weighted by atomic mass is 32.1. The summed E-state index contributed by atoms with van der Waals surface area (Å²) in [5.74, 6) is 0.562. The second-order valence-electron chi connectivity index (χ2n) is 6.39. The first kappa shape index (κ1) is 17.3. The molecule has 0 spiro atoms. The minimum absolute atomic E-state index is 0.0955. The van der Waals surface area contributed by atoms with Gasteiger partial charge in [-0.25, -0.2) is 4.98 Å². The molecule has 0 bridgehead atoms. The lowest BCUT2D eigenvalue weighted by Gasteiger charge is -2.01. The number of benzene rings is 3. The number of oxazole rings is 1. The van der Waals surface area contributed by atoms with E-state index in [1.54, 1.807) is 12.3 Å². The highest BCUT2D eigenvalue weighted by Crippen LogP contribution is 2.32. The molecule has 0 aliphatic carbocycles. The molecular formula is C22H13N3O3S. The average Bonchev–Trinajstić information content (AvgIpc) is 3.38. The van der Waals surface area contributed by atoms with Crippen LogP contribution in [-0.2, 0) is 0 Å². The Morgan fingerprint density at radius 1 is 1.03 bits per heavy atom. The first-order valence-electron chi connectivity index (χ1n) is 8.84. The highest BCUT2D eigenvalue weighted by Gasteiger charge is 2.12. The molecule has 0 aliphatic heterocycles. The van der Waals surface area contributed by atoms with Crippen LogP contribution in [0.15, 0.2) is 82.2 Å². The molecule has 6 nitrogen and oxygen atoms in total. The van der Waals surface area contributed by atoms with Gasteiger partial charge in [0.25, 0.3) is 0 Å². The van der Waals surface area contributed by atoms with Gasteiger partial charge in [-0.3, -0.25) is 15.1 Å². The molecule has 0 N–H and O–H groups in total. The summed E-state index contributed by atoms with van der Waals surface area (Å²) < 4.78 is 5.97. The molecule has 140 valence electrons. The molecule has 5 rings (SSSR count). The second-order valence-corrected chi connectivity index (χ2v) is 7.48. The smallest absolute Gasteiger partial charge is 0.324 e. The van der Waals surface area contributed by atoms with E-state index < -0.39 is 4.92 Å². The van der Waals surface area contributed by atoms with Gasteiger partial charge in [0.05, 0.1) is 15.5 Å². The van der Waals surface area contributed by atoms with Crippen molar-refractivity contribution in [2.45, 2.75) is 0 Å². The van der Waals surface area contributed by atoms with Crippen molar-refractivity contribution in [2.24, 2.45) is 4.99 Å². The van der Waals surface area contributed by atoms with Crippen molar-refractivity contribution in [3.05, 3.63) is 87.8 Å². The van der Waals surface area contributed by atoms with Gasteiger partial charge in [-0.1, -0.05) is 47.7 Å². The first-order valence-corrected chi connectivity index (χ1v) is 9.66. The van der Waals surface area contributed by atoms with Crippen LogP contribution in [0.5, 0.6) is 0 Å². The SMILES string of the molecule is O=[N+]([O-])c1ccc(C=Nc2ccc3oc(-c4cccc5ccccc45)nc3c2)s1. The van der Waals surface area contributed by atoms with Gasteiger partial charge in [0.2, 0.25) is 5.89 Å². The summed E-state index contributed by atoms with van der Waals surface area (Å²) in [5, 5.41) is 13.1. The van der Waals surface area contributed by atoms with Crippen LogP contribution in [0.25, 0.3) is 33.3 Å². The van der Waals surface area contributed by atoms with Crippen LogP contribution < -0.4 is 0 Å². The van der Waals surface area contributed by atoms with Gasteiger partial charge in [-0.05, 0) is 41.1 Å².